The molecule has 0 radical (unpaired) electrons. The molecule has 0 atom stereocenters. The summed E-state index contributed by atoms with van der Waals surface area (Å²) in [6.07, 6.45) is 1.55. The number of nitrogens with one attached hydrogen (secondary N) is 2. The van der Waals surface area contributed by atoms with E-state index in [0.29, 0.717) is 48.9 Å². The van der Waals surface area contributed by atoms with Crippen molar-refractivity contribution < 1.29 is 23.4 Å². The lowest BCUT2D eigenvalue weighted by Gasteiger charge is -2.44. The summed E-state index contributed by atoms with van der Waals surface area (Å²) in [6.45, 7) is 10.8. The van der Waals surface area contributed by atoms with Gasteiger partial charge < -0.3 is 20.3 Å². The lowest BCUT2D eigenvalue weighted by Crippen LogP contribution is -2.41. The summed E-state index contributed by atoms with van der Waals surface area (Å²) < 4.78 is 25.4. The number of esters is 1. The van der Waals surface area contributed by atoms with Crippen LogP contribution in [-0.2, 0) is 14.9 Å². The molecule has 2 aromatic rings. The summed E-state index contributed by atoms with van der Waals surface area (Å²) in [7, 11) is -2.50. The molecule has 0 unspecified atom stereocenters. The van der Waals surface area contributed by atoms with Crippen molar-refractivity contribution in [2.45, 2.75) is 65.3 Å². The van der Waals surface area contributed by atoms with E-state index in [1.165, 1.54) is 0 Å². The Kier molecular flexibility index (Phi) is 9.50. The number of amides is 2. The van der Waals surface area contributed by atoms with Gasteiger partial charge in [0.25, 0.3) is 0 Å². The van der Waals surface area contributed by atoms with Gasteiger partial charge in [-0.15, -0.1) is 0 Å². The van der Waals surface area contributed by atoms with Crippen molar-refractivity contribution in [2.24, 2.45) is 0 Å². The SMILES string of the molecule is CCOC(=O)CC(C)(C)c1ccc(N(CC)C2CCS(O)(O)CC2)c(NC(=O)Nc2ccc(C)cc2)c1. The van der Waals surface area contributed by atoms with E-state index in [0.717, 1.165) is 16.8 Å². The highest BCUT2D eigenvalue weighted by Gasteiger charge is 2.31. The average Bonchev–Trinajstić information content (AvgIpc) is 2.82. The molecule has 2 amide bonds. The molecule has 0 aromatic heterocycles. The van der Waals surface area contributed by atoms with Crippen LogP contribution < -0.4 is 15.5 Å². The minimum atomic E-state index is -2.50. The zero-order valence-corrected chi connectivity index (χ0v) is 23.4. The van der Waals surface area contributed by atoms with Gasteiger partial charge in [-0.2, -0.15) is 10.6 Å². The van der Waals surface area contributed by atoms with Crippen LogP contribution in [0.2, 0.25) is 0 Å². The first-order valence-electron chi connectivity index (χ1n) is 12.9. The molecule has 37 heavy (non-hydrogen) atoms. The van der Waals surface area contributed by atoms with Gasteiger partial charge in [-0.3, -0.25) is 13.9 Å². The van der Waals surface area contributed by atoms with Crippen molar-refractivity contribution in [2.75, 3.05) is 40.2 Å². The van der Waals surface area contributed by atoms with Crippen molar-refractivity contribution in [1.29, 1.82) is 0 Å². The molecular weight excluding hydrogens is 490 g/mol. The Morgan fingerprint density at radius 3 is 2.30 bits per heavy atom. The molecule has 1 aliphatic rings. The number of carbonyl (C=O) groups is 2. The Hall–Kier alpha value is -2.75. The summed E-state index contributed by atoms with van der Waals surface area (Å²) in [6, 6.07) is 13.3. The van der Waals surface area contributed by atoms with E-state index in [1.54, 1.807) is 6.92 Å². The second-order valence-corrected chi connectivity index (χ2v) is 12.7. The number of aryl methyl sites for hydroxylation is 1. The maximum atomic E-state index is 13.0. The molecule has 9 heteroatoms. The van der Waals surface area contributed by atoms with E-state index >= 15 is 0 Å². The number of benzene rings is 2. The van der Waals surface area contributed by atoms with Crippen LogP contribution in [0.1, 0.15) is 58.1 Å². The molecular formula is C28H41N3O5S. The van der Waals surface area contributed by atoms with Crippen LogP contribution in [0.15, 0.2) is 42.5 Å². The first kappa shape index (κ1) is 28.8. The largest absolute Gasteiger partial charge is 0.466 e. The van der Waals surface area contributed by atoms with Gasteiger partial charge in [0.1, 0.15) is 0 Å². The number of anilines is 3. The van der Waals surface area contributed by atoms with E-state index in [4.69, 9.17) is 4.74 Å². The molecule has 1 fully saturated rings. The summed E-state index contributed by atoms with van der Waals surface area (Å²) in [4.78, 5) is 27.5. The van der Waals surface area contributed by atoms with Crippen molar-refractivity contribution >= 4 is 39.7 Å². The fourth-order valence-electron chi connectivity index (χ4n) is 4.74. The Morgan fingerprint density at radius 2 is 1.70 bits per heavy atom. The van der Waals surface area contributed by atoms with Gasteiger partial charge >= 0.3 is 12.0 Å². The topological polar surface area (TPSA) is 111 Å². The summed E-state index contributed by atoms with van der Waals surface area (Å²) in [5, 5.41) is 5.93. The Morgan fingerprint density at radius 1 is 1.05 bits per heavy atom. The minimum absolute atomic E-state index is 0.129. The van der Waals surface area contributed by atoms with Crippen LogP contribution in [0, 0.1) is 6.92 Å². The third-order valence-electron chi connectivity index (χ3n) is 6.87. The number of nitrogens with zero attached hydrogens (tertiary/aromatic N) is 1. The second kappa shape index (κ2) is 12.2. The highest BCUT2D eigenvalue weighted by atomic mass is 32.3. The third-order valence-corrected chi connectivity index (χ3v) is 8.65. The number of hydrogen-bond acceptors (Lipinski definition) is 6. The van der Waals surface area contributed by atoms with Crippen molar-refractivity contribution in [3.8, 4) is 0 Å². The fraction of sp³-hybridized carbons (Fsp3) is 0.500. The first-order valence-corrected chi connectivity index (χ1v) is 14.8. The van der Waals surface area contributed by atoms with Gasteiger partial charge in [0.15, 0.2) is 0 Å². The zero-order chi connectivity index (χ0) is 27.2. The van der Waals surface area contributed by atoms with Gasteiger partial charge in [-0.1, -0.05) is 37.6 Å². The third kappa shape index (κ3) is 7.87. The van der Waals surface area contributed by atoms with Crippen LogP contribution >= 0.6 is 10.6 Å². The predicted molar refractivity (Wildman–Crippen MR) is 153 cm³/mol. The molecule has 204 valence electrons. The van der Waals surface area contributed by atoms with Crippen molar-refractivity contribution in [3.05, 3.63) is 53.6 Å². The van der Waals surface area contributed by atoms with Crippen molar-refractivity contribution in [3.63, 3.8) is 0 Å². The van der Waals surface area contributed by atoms with E-state index in [1.807, 2.05) is 63.2 Å². The van der Waals surface area contributed by atoms with Crippen LogP contribution in [0.25, 0.3) is 0 Å². The molecule has 0 aliphatic carbocycles. The summed E-state index contributed by atoms with van der Waals surface area (Å²) >= 11 is 0. The molecule has 4 N–H and O–H groups in total. The molecule has 1 aliphatic heterocycles. The molecule has 0 bridgehead atoms. The van der Waals surface area contributed by atoms with E-state index < -0.39 is 16.0 Å². The van der Waals surface area contributed by atoms with Gasteiger partial charge in [0.05, 0.1) is 24.4 Å². The van der Waals surface area contributed by atoms with Gasteiger partial charge in [0.2, 0.25) is 0 Å². The molecule has 0 saturated carbocycles. The molecule has 0 spiro atoms. The quantitative estimate of drug-likeness (QED) is 0.271. The summed E-state index contributed by atoms with van der Waals surface area (Å²) in [5.74, 6) is 0.505. The zero-order valence-electron chi connectivity index (χ0n) is 22.5. The maximum absolute atomic E-state index is 13.0. The highest BCUT2D eigenvalue weighted by molar-refractivity contribution is 8.24. The summed E-state index contributed by atoms with van der Waals surface area (Å²) in [5.41, 5.74) is 3.69. The Labute approximate surface area is 222 Å². The normalized spacial score (nSPS) is 16.5. The first-order chi connectivity index (χ1) is 17.4. The van der Waals surface area contributed by atoms with Crippen LogP contribution in [-0.4, -0.2) is 51.8 Å². The number of urea groups is 1. The highest BCUT2D eigenvalue weighted by Crippen LogP contribution is 2.46. The number of hydrogen-bond donors (Lipinski definition) is 4. The molecule has 1 heterocycles. The van der Waals surface area contributed by atoms with Crippen molar-refractivity contribution in [1.82, 2.24) is 0 Å². The predicted octanol–water partition coefficient (Wildman–Crippen LogP) is 6.61. The molecule has 1 saturated heterocycles. The van der Waals surface area contributed by atoms with Gasteiger partial charge in [0, 0.05) is 35.2 Å². The lowest BCUT2D eigenvalue weighted by molar-refractivity contribution is -0.144. The Bertz CT molecular complexity index is 1080. The maximum Gasteiger partial charge on any atom is 0.323 e. The lowest BCUT2D eigenvalue weighted by atomic mass is 9.81. The van der Waals surface area contributed by atoms with Gasteiger partial charge in [-0.25, -0.2) is 4.79 Å². The Balaban J connectivity index is 1.92. The molecule has 2 aromatic carbocycles. The van der Waals surface area contributed by atoms with Crippen LogP contribution in [0.3, 0.4) is 0 Å². The molecule has 3 rings (SSSR count). The average molecular weight is 532 g/mol. The van der Waals surface area contributed by atoms with Crippen LogP contribution in [0.5, 0.6) is 0 Å². The van der Waals surface area contributed by atoms with Gasteiger partial charge in [-0.05, 0) is 63.4 Å². The fourth-order valence-corrected chi connectivity index (χ4v) is 6.24. The number of carbonyl (C=O) groups excluding carboxylic acids is 2. The van der Waals surface area contributed by atoms with E-state index in [9.17, 15) is 18.7 Å². The molecule has 8 nitrogen and oxygen atoms in total. The minimum Gasteiger partial charge on any atom is -0.466 e. The monoisotopic (exact) mass is 531 g/mol. The smallest absolute Gasteiger partial charge is 0.323 e. The van der Waals surface area contributed by atoms with E-state index in [-0.39, 0.29) is 24.5 Å². The standard InChI is InChI=1S/C28H41N3O5S/c1-6-31(23-14-16-37(34,35)17-15-23)25-13-10-21(28(4,5)19-26(32)36-7-2)18-24(25)30-27(33)29-22-11-8-20(3)9-12-22/h8-13,18,23,34-35H,6-7,14-17,19H2,1-5H3,(H2,29,30,33). The number of rotatable bonds is 9. The number of ether oxygens (including phenoxy) is 1. The second-order valence-electron chi connectivity index (χ2n) is 10.3. The van der Waals surface area contributed by atoms with Crippen LogP contribution in [0.4, 0.5) is 21.9 Å². The van der Waals surface area contributed by atoms with E-state index in [2.05, 4.69) is 22.5 Å².